The molecule has 2 heterocycles. The predicted molar refractivity (Wildman–Crippen MR) is 103 cm³/mol. The van der Waals surface area contributed by atoms with Crippen molar-refractivity contribution in [3.05, 3.63) is 48.3 Å². The molecule has 2 aromatic rings. The van der Waals surface area contributed by atoms with E-state index in [0.717, 1.165) is 23.5 Å². The van der Waals surface area contributed by atoms with Crippen molar-refractivity contribution in [1.82, 2.24) is 14.8 Å². The Bertz CT molecular complexity index is 784. The second-order valence-electron chi connectivity index (χ2n) is 6.65. The lowest BCUT2D eigenvalue weighted by Gasteiger charge is -2.32. The zero-order chi connectivity index (χ0) is 19.2. The second-order valence-corrected chi connectivity index (χ2v) is 6.65. The molecular weight excluding hydrogens is 344 g/mol. The lowest BCUT2D eigenvalue weighted by Crippen LogP contribution is -2.48. The van der Waals surface area contributed by atoms with E-state index in [1.807, 2.05) is 44.2 Å². The van der Waals surface area contributed by atoms with Gasteiger partial charge in [-0.05, 0) is 38.1 Å². The van der Waals surface area contributed by atoms with Crippen LogP contribution in [0.5, 0.6) is 5.75 Å². The topological polar surface area (TPSA) is 74.8 Å². The van der Waals surface area contributed by atoms with Gasteiger partial charge < -0.3 is 19.9 Å². The van der Waals surface area contributed by atoms with Gasteiger partial charge in [0.15, 0.2) is 0 Å². The molecule has 142 valence electrons. The summed E-state index contributed by atoms with van der Waals surface area (Å²) in [5.41, 5.74) is 2.01. The largest absolute Gasteiger partial charge is 0.489 e. The Labute approximate surface area is 158 Å². The minimum atomic E-state index is -0.115. The van der Waals surface area contributed by atoms with Crippen LogP contribution in [0.2, 0.25) is 0 Å². The first-order valence-electron chi connectivity index (χ1n) is 9.04. The standard InChI is InChI=1S/C20H24N4O3/c1-15(2)27-19-6-4-3-5-17(19)22-16-7-8-18(21-13-16)20(26)24-11-9-23(14-25)10-12-24/h3-8,13-15,22H,9-12H2,1-2H3. The van der Waals surface area contributed by atoms with E-state index in [9.17, 15) is 9.59 Å². The van der Waals surface area contributed by atoms with E-state index in [1.165, 1.54) is 0 Å². The van der Waals surface area contributed by atoms with Crippen molar-refractivity contribution in [2.75, 3.05) is 31.5 Å². The van der Waals surface area contributed by atoms with Gasteiger partial charge in [-0.25, -0.2) is 4.98 Å². The first-order chi connectivity index (χ1) is 13.1. The van der Waals surface area contributed by atoms with Crippen LogP contribution in [0.1, 0.15) is 24.3 Å². The molecule has 1 aliphatic heterocycles. The molecule has 1 aromatic carbocycles. The number of benzene rings is 1. The van der Waals surface area contributed by atoms with Crippen LogP contribution in [-0.2, 0) is 4.79 Å². The number of amides is 2. The average molecular weight is 368 g/mol. The highest BCUT2D eigenvalue weighted by atomic mass is 16.5. The number of rotatable bonds is 6. The lowest BCUT2D eigenvalue weighted by molar-refractivity contribution is -0.119. The number of carbonyl (C=O) groups excluding carboxylic acids is 2. The normalized spacial score (nSPS) is 14.2. The van der Waals surface area contributed by atoms with E-state index < -0.39 is 0 Å². The maximum atomic E-state index is 12.6. The Morgan fingerprint density at radius 3 is 2.52 bits per heavy atom. The summed E-state index contributed by atoms with van der Waals surface area (Å²) < 4.78 is 5.80. The van der Waals surface area contributed by atoms with Gasteiger partial charge in [0.2, 0.25) is 6.41 Å². The summed E-state index contributed by atoms with van der Waals surface area (Å²) in [7, 11) is 0. The van der Waals surface area contributed by atoms with Gasteiger partial charge in [-0.15, -0.1) is 0 Å². The highest BCUT2D eigenvalue weighted by Crippen LogP contribution is 2.28. The fraction of sp³-hybridized carbons (Fsp3) is 0.350. The van der Waals surface area contributed by atoms with Crippen LogP contribution in [0.25, 0.3) is 0 Å². The third-order valence-electron chi connectivity index (χ3n) is 4.26. The molecule has 7 heteroatoms. The molecule has 0 saturated carbocycles. The second kappa shape index (κ2) is 8.53. The lowest BCUT2D eigenvalue weighted by atomic mass is 10.2. The molecule has 27 heavy (non-hydrogen) atoms. The van der Waals surface area contributed by atoms with Gasteiger partial charge in [-0.3, -0.25) is 9.59 Å². The van der Waals surface area contributed by atoms with Gasteiger partial charge >= 0.3 is 0 Å². The molecule has 0 unspecified atom stereocenters. The number of hydrogen-bond donors (Lipinski definition) is 1. The van der Waals surface area contributed by atoms with E-state index in [0.29, 0.717) is 31.9 Å². The van der Waals surface area contributed by atoms with Gasteiger partial charge in [0.05, 0.1) is 23.7 Å². The summed E-state index contributed by atoms with van der Waals surface area (Å²) in [5.74, 6) is 0.649. The van der Waals surface area contributed by atoms with E-state index in [-0.39, 0.29) is 12.0 Å². The average Bonchev–Trinajstić information content (AvgIpc) is 2.69. The number of anilines is 2. The number of aromatic nitrogens is 1. The van der Waals surface area contributed by atoms with Crippen LogP contribution < -0.4 is 10.1 Å². The molecule has 2 amide bonds. The Hall–Kier alpha value is -3.09. The summed E-state index contributed by atoms with van der Waals surface area (Å²) in [6.07, 6.45) is 2.54. The smallest absolute Gasteiger partial charge is 0.272 e. The first-order valence-corrected chi connectivity index (χ1v) is 9.04. The number of piperazine rings is 1. The van der Waals surface area contributed by atoms with Crippen LogP contribution >= 0.6 is 0 Å². The van der Waals surface area contributed by atoms with E-state index in [2.05, 4.69) is 10.3 Å². The molecule has 0 atom stereocenters. The summed E-state index contributed by atoms with van der Waals surface area (Å²) >= 11 is 0. The number of ether oxygens (including phenoxy) is 1. The molecule has 0 spiro atoms. The van der Waals surface area contributed by atoms with Crippen LogP contribution in [-0.4, -0.2) is 59.4 Å². The fourth-order valence-corrected chi connectivity index (χ4v) is 2.87. The third kappa shape index (κ3) is 4.75. The molecule has 1 saturated heterocycles. The Kier molecular flexibility index (Phi) is 5.90. The Balaban J connectivity index is 1.66. The van der Waals surface area contributed by atoms with Gasteiger partial charge in [0, 0.05) is 26.2 Å². The molecule has 0 aliphatic carbocycles. The molecule has 7 nitrogen and oxygen atoms in total. The zero-order valence-electron chi connectivity index (χ0n) is 15.6. The fourth-order valence-electron chi connectivity index (χ4n) is 2.87. The summed E-state index contributed by atoms with van der Waals surface area (Å²) in [4.78, 5) is 31.0. The van der Waals surface area contributed by atoms with E-state index in [1.54, 1.807) is 22.1 Å². The monoisotopic (exact) mass is 368 g/mol. The highest BCUT2D eigenvalue weighted by Gasteiger charge is 2.22. The van der Waals surface area contributed by atoms with Crippen molar-refractivity contribution >= 4 is 23.7 Å². The van der Waals surface area contributed by atoms with Gasteiger partial charge in [0.25, 0.3) is 5.91 Å². The van der Waals surface area contributed by atoms with Gasteiger partial charge in [-0.2, -0.15) is 0 Å². The molecule has 1 N–H and O–H groups in total. The molecule has 3 rings (SSSR count). The number of nitrogens with zero attached hydrogens (tertiary/aromatic N) is 3. The zero-order valence-corrected chi connectivity index (χ0v) is 15.6. The number of carbonyl (C=O) groups is 2. The maximum Gasteiger partial charge on any atom is 0.272 e. The molecule has 0 radical (unpaired) electrons. The Morgan fingerprint density at radius 1 is 1.15 bits per heavy atom. The maximum absolute atomic E-state index is 12.6. The molecule has 1 aromatic heterocycles. The SMILES string of the molecule is CC(C)Oc1ccccc1Nc1ccc(C(=O)N2CCN(C=O)CC2)nc1. The minimum Gasteiger partial charge on any atom is -0.489 e. The summed E-state index contributed by atoms with van der Waals surface area (Å²) in [6.45, 7) is 6.13. The van der Waals surface area contributed by atoms with Crippen molar-refractivity contribution < 1.29 is 14.3 Å². The van der Waals surface area contributed by atoms with Crippen LogP contribution in [0.4, 0.5) is 11.4 Å². The highest BCUT2D eigenvalue weighted by molar-refractivity contribution is 5.92. The number of para-hydroxylation sites is 2. The first kappa shape index (κ1) is 18.7. The number of pyridine rings is 1. The molecule has 1 fully saturated rings. The molecule has 1 aliphatic rings. The minimum absolute atomic E-state index is 0.0748. The van der Waals surface area contributed by atoms with Crippen LogP contribution in [0, 0.1) is 0 Å². The quantitative estimate of drug-likeness (QED) is 0.793. The van der Waals surface area contributed by atoms with E-state index >= 15 is 0 Å². The predicted octanol–water partition coefficient (Wildman–Crippen LogP) is 2.53. The Morgan fingerprint density at radius 2 is 1.89 bits per heavy atom. The molecule has 0 bridgehead atoms. The van der Waals surface area contributed by atoms with Crippen LogP contribution in [0.15, 0.2) is 42.6 Å². The van der Waals surface area contributed by atoms with Crippen molar-refractivity contribution in [3.63, 3.8) is 0 Å². The summed E-state index contributed by atoms with van der Waals surface area (Å²) in [6, 6.07) is 11.2. The van der Waals surface area contributed by atoms with Gasteiger partial charge in [-0.1, -0.05) is 12.1 Å². The number of nitrogens with one attached hydrogen (secondary N) is 1. The van der Waals surface area contributed by atoms with Gasteiger partial charge in [0.1, 0.15) is 11.4 Å². The molecular formula is C20H24N4O3. The van der Waals surface area contributed by atoms with Crippen LogP contribution in [0.3, 0.4) is 0 Å². The third-order valence-corrected chi connectivity index (χ3v) is 4.26. The number of hydrogen-bond acceptors (Lipinski definition) is 5. The summed E-state index contributed by atoms with van der Waals surface area (Å²) in [5, 5.41) is 3.28. The van der Waals surface area contributed by atoms with Crippen molar-refractivity contribution in [2.24, 2.45) is 0 Å². The van der Waals surface area contributed by atoms with E-state index in [4.69, 9.17) is 4.74 Å². The van der Waals surface area contributed by atoms with Crippen molar-refractivity contribution in [1.29, 1.82) is 0 Å². The van der Waals surface area contributed by atoms with Crippen molar-refractivity contribution in [3.8, 4) is 5.75 Å². The van der Waals surface area contributed by atoms with Crippen molar-refractivity contribution in [2.45, 2.75) is 20.0 Å².